The Morgan fingerprint density at radius 2 is 2.50 bits per heavy atom. The van der Waals surface area contributed by atoms with Gasteiger partial charge in [0.15, 0.2) is 0 Å². The van der Waals surface area contributed by atoms with Gasteiger partial charge in [-0.15, -0.1) is 0 Å². The van der Waals surface area contributed by atoms with Crippen molar-refractivity contribution in [1.29, 1.82) is 0 Å². The molecule has 0 aromatic carbocycles. The summed E-state index contributed by atoms with van der Waals surface area (Å²) in [6.07, 6.45) is 1.50. The SMILES string of the molecule is FOCc1cc(Cl)ccn1. The maximum atomic E-state index is 11.2. The Bertz CT molecular complexity index is 219. The lowest BCUT2D eigenvalue weighted by Crippen LogP contribution is -1.87. The molecule has 1 rings (SSSR count). The first-order chi connectivity index (χ1) is 4.83. The minimum atomic E-state index is -0.152. The van der Waals surface area contributed by atoms with E-state index < -0.39 is 0 Å². The van der Waals surface area contributed by atoms with E-state index in [1.165, 1.54) is 6.20 Å². The average Bonchev–Trinajstić information content (AvgIpc) is 1.88. The van der Waals surface area contributed by atoms with E-state index in [0.29, 0.717) is 10.7 Å². The second kappa shape index (κ2) is 3.49. The number of aromatic nitrogens is 1. The molecule has 1 aromatic rings. The zero-order valence-corrected chi connectivity index (χ0v) is 5.81. The van der Waals surface area contributed by atoms with E-state index in [4.69, 9.17) is 11.6 Å². The summed E-state index contributed by atoms with van der Waals surface area (Å²) in [5, 5.41) is 0.530. The predicted octanol–water partition coefficient (Wildman–Crippen LogP) is 2.14. The van der Waals surface area contributed by atoms with Crippen LogP contribution in [0.2, 0.25) is 5.02 Å². The van der Waals surface area contributed by atoms with Gasteiger partial charge in [-0.3, -0.25) is 4.98 Å². The van der Waals surface area contributed by atoms with Gasteiger partial charge in [0.25, 0.3) is 0 Å². The fourth-order valence-corrected chi connectivity index (χ4v) is 0.766. The molecule has 0 amide bonds. The van der Waals surface area contributed by atoms with Crippen LogP contribution in [0.5, 0.6) is 0 Å². The molecule has 4 heteroatoms. The number of hydrogen-bond acceptors (Lipinski definition) is 2. The normalized spacial score (nSPS) is 9.80. The zero-order valence-electron chi connectivity index (χ0n) is 5.05. The summed E-state index contributed by atoms with van der Waals surface area (Å²) in [6, 6.07) is 3.16. The molecule has 0 saturated carbocycles. The summed E-state index contributed by atoms with van der Waals surface area (Å²) in [5.41, 5.74) is 0.481. The zero-order chi connectivity index (χ0) is 7.40. The van der Waals surface area contributed by atoms with E-state index in [2.05, 4.69) is 9.93 Å². The molecule has 1 heterocycles. The molecule has 0 N–H and O–H groups in total. The van der Waals surface area contributed by atoms with Crippen molar-refractivity contribution in [1.82, 2.24) is 4.98 Å². The molecule has 10 heavy (non-hydrogen) atoms. The Morgan fingerprint density at radius 1 is 1.70 bits per heavy atom. The van der Waals surface area contributed by atoms with Gasteiger partial charge in [0.05, 0.1) is 5.69 Å². The van der Waals surface area contributed by atoms with Crippen molar-refractivity contribution in [2.45, 2.75) is 6.61 Å². The Morgan fingerprint density at radius 3 is 3.10 bits per heavy atom. The molecular formula is C6H5ClFNO. The van der Waals surface area contributed by atoms with E-state index in [9.17, 15) is 4.53 Å². The van der Waals surface area contributed by atoms with Gasteiger partial charge in [-0.25, -0.2) is 0 Å². The molecule has 0 aliphatic heterocycles. The van der Waals surface area contributed by atoms with Gasteiger partial charge in [0.1, 0.15) is 6.61 Å². The first-order valence-electron chi connectivity index (χ1n) is 2.67. The Balaban J connectivity index is 2.75. The summed E-state index contributed by atoms with van der Waals surface area (Å²) in [7, 11) is 0. The van der Waals surface area contributed by atoms with E-state index in [0.717, 1.165) is 0 Å². The second-order valence-electron chi connectivity index (χ2n) is 1.72. The quantitative estimate of drug-likeness (QED) is 0.663. The van der Waals surface area contributed by atoms with Crippen LogP contribution in [-0.2, 0) is 11.5 Å². The highest BCUT2D eigenvalue weighted by atomic mass is 35.5. The first kappa shape index (κ1) is 7.44. The molecule has 0 bridgehead atoms. The highest BCUT2D eigenvalue weighted by Crippen LogP contribution is 2.08. The molecule has 0 aliphatic rings. The van der Waals surface area contributed by atoms with Crippen molar-refractivity contribution >= 4 is 11.6 Å². The minimum absolute atomic E-state index is 0.152. The summed E-state index contributed by atoms with van der Waals surface area (Å²) in [6.45, 7) is -0.152. The third-order valence-electron chi connectivity index (χ3n) is 0.981. The molecule has 1 aromatic heterocycles. The molecule has 2 nitrogen and oxygen atoms in total. The number of pyridine rings is 1. The van der Waals surface area contributed by atoms with Crippen LogP contribution in [0.15, 0.2) is 18.3 Å². The molecule has 0 atom stereocenters. The van der Waals surface area contributed by atoms with Gasteiger partial charge in [0, 0.05) is 11.2 Å². The van der Waals surface area contributed by atoms with Crippen molar-refractivity contribution in [3.63, 3.8) is 0 Å². The van der Waals surface area contributed by atoms with Crippen molar-refractivity contribution in [2.75, 3.05) is 0 Å². The van der Waals surface area contributed by atoms with Crippen molar-refractivity contribution < 1.29 is 9.47 Å². The minimum Gasteiger partial charge on any atom is -0.259 e. The highest BCUT2D eigenvalue weighted by molar-refractivity contribution is 6.30. The van der Waals surface area contributed by atoms with Gasteiger partial charge < -0.3 is 0 Å². The highest BCUT2D eigenvalue weighted by Gasteiger charge is 1.94. The Kier molecular flexibility index (Phi) is 2.59. The monoisotopic (exact) mass is 161 g/mol. The second-order valence-corrected chi connectivity index (χ2v) is 2.16. The summed E-state index contributed by atoms with van der Waals surface area (Å²) >= 11 is 5.56. The number of nitrogens with zero attached hydrogens (tertiary/aromatic N) is 1. The fourth-order valence-electron chi connectivity index (χ4n) is 0.584. The standard InChI is InChI=1S/C6H5ClFNO/c7-5-1-2-9-6(3-5)4-10-8/h1-3H,4H2. The van der Waals surface area contributed by atoms with E-state index in [1.807, 2.05) is 0 Å². The van der Waals surface area contributed by atoms with Crippen molar-refractivity contribution in [2.24, 2.45) is 0 Å². The number of halogens is 2. The Hall–Kier alpha value is -0.670. The summed E-state index contributed by atoms with van der Waals surface area (Å²) < 4.78 is 11.2. The van der Waals surface area contributed by atoms with Crippen LogP contribution >= 0.6 is 11.6 Å². The van der Waals surface area contributed by atoms with Crippen LogP contribution in [0.4, 0.5) is 4.53 Å². The fraction of sp³-hybridized carbons (Fsp3) is 0.167. The maximum absolute atomic E-state index is 11.2. The van der Waals surface area contributed by atoms with Crippen LogP contribution in [0.25, 0.3) is 0 Å². The van der Waals surface area contributed by atoms with Gasteiger partial charge in [-0.05, 0) is 16.7 Å². The largest absolute Gasteiger partial charge is 0.259 e. The molecular weight excluding hydrogens is 157 g/mol. The lowest BCUT2D eigenvalue weighted by molar-refractivity contribution is -0.145. The Labute approximate surface area is 62.5 Å². The number of rotatable bonds is 2. The van der Waals surface area contributed by atoms with Crippen molar-refractivity contribution in [3.05, 3.63) is 29.0 Å². The van der Waals surface area contributed by atoms with Crippen LogP contribution in [-0.4, -0.2) is 4.98 Å². The molecule has 0 spiro atoms. The van der Waals surface area contributed by atoms with Crippen LogP contribution in [0.1, 0.15) is 5.69 Å². The molecule has 0 fully saturated rings. The smallest absolute Gasteiger partial charge is 0.130 e. The van der Waals surface area contributed by atoms with Crippen LogP contribution in [0.3, 0.4) is 0 Å². The van der Waals surface area contributed by atoms with Gasteiger partial charge in [0.2, 0.25) is 0 Å². The molecule has 0 radical (unpaired) electrons. The van der Waals surface area contributed by atoms with Gasteiger partial charge in [-0.2, -0.15) is 4.94 Å². The lowest BCUT2D eigenvalue weighted by Gasteiger charge is -1.94. The van der Waals surface area contributed by atoms with Gasteiger partial charge >= 0.3 is 0 Å². The third-order valence-corrected chi connectivity index (χ3v) is 1.22. The van der Waals surface area contributed by atoms with E-state index in [-0.39, 0.29) is 6.61 Å². The third kappa shape index (κ3) is 1.93. The molecule has 54 valence electrons. The van der Waals surface area contributed by atoms with Crippen molar-refractivity contribution in [3.8, 4) is 0 Å². The molecule has 0 saturated heterocycles. The van der Waals surface area contributed by atoms with E-state index in [1.54, 1.807) is 12.1 Å². The average molecular weight is 162 g/mol. The predicted molar refractivity (Wildman–Crippen MR) is 35.1 cm³/mol. The van der Waals surface area contributed by atoms with Crippen LogP contribution < -0.4 is 0 Å². The lowest BCUT2D eigenvalue weighted by atomic mass is 10.4. The van der Waals surface area contributed by atoms with Crippen LogP contribution in [0, 0.1) is 0 Å². The van der Waals surface area contributed by atoms with Gasteiger partial charge in [-0.1, -0.05) is 11.6 Å². The number of hydrogen-bond donors (Lipinski definition) is 0. The summed E-state index contributed by atoms with van der Waals surface area (Å²) in [4.78, 5) is 7.14. The summed E-state index contributed by atoms with van der Waals surface area (Å²) in [5.74, 6) is 0. The maximum Gasteiger partial charge on any atom is 0.130 e. The first-order valence-corrected chi connectivity index (χ1v) is 3.04. The topological polar surface area (TPSA) is 22.1 Å². The van der Waals surface area contributed by atoms with E-state index >= 15 is 0 Å². The molecule has 0 unspecified atom stereocenters. The molecule has 0 aliphatic carbocycles.